The summed E-state index contributed by atoms with van der Waals surface area (Å²) in [6.45, 7) is 11.1. The molecular formula is C21H31BrO4. The van der Waals surface area contributed by atoms with Gasteiger partial charge in [0, 0.05) is 4.47 Å². The minimum Gasteiger partial charge on any atom is -0.462 e. The Morgan fingerprint density at radius 1 is 0.885 bits per heavy atom. The highest BCUT2D eigenvalue weighted by Gasteiger charge is 2.21. The lowest BCUT2D eigenvalue weighted by Crippen LogP contribution is -2.16. The van der Waals surface area contributed by atoms with Gasteiger partial charge in [-0.2, -0.15) is 0 Å². The molecular weight excluding hydrogens is 396 g/mol. The van der Waals surface area contributed by atoms with Gasteiger partial charge in [0.2, 0.25) is 0 Å². The molecule has 1 rings (SSSR count). The average Bonchev–Trinajstić information content (AvgIpc) is 2.56. The van der Waals surface area contributed by atoms with E-state index in [2.05, 4.69) is 43.6 Å². The summed E-state index contributed by atoms with van der Waals surface area (Å²) >= 11 is 3.42. The Balaban J connectivity index is 2.79. The van der Waals surface area contributed by atoms with Gasteiger partial charge in [-0.3, -0.25) is 0 Å². The van der Waals surface area contributed by atoms with Crippen molar-refractivity contribution in [1.82, 2.24) is 0 Å². The first-order valence-corrected chi connectivity index (χ1v) is 10.2. The van der Waals surface area contributed by atoms with Crippen molar-refractivity contribution in [2.24, 2.45) is 11.8 Å². The van der Waals surface area contributed by atoms with Crippen LogP contribution in [0.25, 0.3) is 0 Å². The molecule has 0 aliphatic rings. The Morgan fingerprint density at radius 3 is 1.73 bits per heavy atom. The van der Waals surface area contributed by atoms with Crippen LogP contribution in [0.1, 0.15) is 79.7 Å². The van der Waals surface area contributed by atoms with E-state index in [0.717, 1.165) is 35.7 Å². The van der Waals surface area contributed by atoms with Gasteiger partial charge in [-0.05, 0) is 62.1 Å². The quantitative estimate of drug-likeness (QED) is 0.342. The zero-order valence-electron chi connectivity index (χ0n) is 16.6. The van der Waals surface area contributed by atoms with Crippen LogP contribution in [0.5, 0.6) is 0 Å². The zero-order valence-corrected chi connectivity index (χ0v) is 18.1. The molecule has 0 spiro atoms. The molecule has 0 unspecified atom stereocenters. The molecule has 4 nitrogen and oxygen atoms in total. The molecule has 26 heavy (non-hydrogen) atoms. The van der Waals surface area contributed by atoms with Crippen LogP contribution in [-0.2, 0) is 9.47 Å². The summed E-state index contributed by atoms with van der Waals surface area (Å²) < 4.78 is 11.5. The van der Waals surface area contributed by atoms with Crippen molar-refractivity contribution in [3.63, 3.8) is 0 Å². The van der Waals surface area contributed by atoms with E-state index in [9.17, 15) is 9.59 Å². The van der Waals surface area contributed by atoms with Gasteiger partial charge in [0.25, 0.3) is 0 Å². The number of carbonyl (C=O) groups is 2. The van der Waals surface area contributed by atoms with E-state index >= 15 is 0 Å². The van der Waals surface area contributed by atoms with E-state index in [4.69, 9.17) is 9.47 Å². The number of esters is 2. The van der Waals surface area contributed by atoms with Gasteiger partial charge in [-0.1, -0.05) is 43.6 Å². The molecule has 0 atom stereocenters. The molecule has 5 heteroatoms. The molecule has 0 aliphatic heterocycles. The first-order valence-electron chi connectivity index (χ1n) is 9.36. The second-order valence-corrected chi connectivity index (χ2v) is 8.35. The fraction of sp³-hybridized carbons (Fsp3) is 0.619. The van der Waals surface area contributed by atoms with Crippen LogP contribution in [0.2, 0.25) is 0 Å². The minimum atomic E-state index is -0.483. The number of rotatable bonds is 10. The molecule has 0 fully saturated rings. The van der Waals surface area contributed by atoms with Crippen molar-refractivity contribution < 1.29 is 19.1 Å². The van der Waals surface area contributed by atoms with Gasteiger partial charge < -0.3 is 9.47 Å². The zero-order chi connectivity index (χ0) is 19.7. The Labute approximate surface area is 165 Å². The Kier molecular flexibility index (Phi) is 9.92. The maximum atomic E-state index is 12.5. The number of benzene rings is 1. The molecule has 0 bridgehead atoms. The Hall–Kier alpha value is -1.36. The van der Waals surface area contributed by atoms with Crippen molar-refractivity contribution in [3.8, 4) is 0 Å². The van der Waals surface area contributed by atoms with Crippen molar-refractivity contribution in [1.29, 1.82) is 0 Å². The predicted molar refractivity (Wildman–Crippen MR) is 108 cm³/mol. The van der Waals surface area contributed by atoms with Crippen LogP contribution in [0.15, 0.2) is 16.6 Å². The van der Waals surface area contributed by atoms with Crippen LogP contribution >= 0.6 is 15.9 Å². The molecule has 0 radical (unpaired) electrons. The van der Waals surface area contributed by atoms with Crippen LogP contribution in [0.3, 0.4) is 0 Å². The lowest BCUT2D eigenvalue weighted by molar-refractivity contribution is 0.0447. The van der Waals surface area contributed by atoms with E-state index in [0.29, 0.717) is 25.0 Å². The number of aryl methyl sites for hydroxylation is 1. The third-order valence-electron chi connectivity index (χ3n) is 4.06. The predicted octanol–water partition coefficient (Wildman–Crippen LogP) is 5.94. The molecule has 0 saturated carbocycles. The number of hydrogen-bond acceptors (Lipinski definition) is 4. The highest BCUT2D eigenvalue weighted by Crippen LogP contribution is 2.23. The van der Waals surface area contributed by atoms with Crippen molar-refractivity contribution >= 4 is 27.9 Å². The topological polar surface area (TPSA) is 52.6 Å². The Bertz CT molecular complexity index is 555. The van der Waals surface area contributed by atoms with E-state index in [1.807, 2.05) is 6.92 Å². The molecule has 0 amide bonds. The summed E-state index contributed by atoms with van der Waals surface area (Å²) in [6, 6.07) is 3.32. The fourth-order valence-corrected chi connectivity index (χ4v) is 2.83. The molecule has 0 aromatic heterocycles. The summed E-state index contributed by atoms with van der Waals surface area (Å²) in [7, 11) is 0. The van der Waals surface area contributed by atoms with Crippen molar-refractivity contribution in [2.45, 2.75) is 60.3 Å². The van der Waals surface area contributed by atoms with E-state index in [-0.39, 0.29) is 11.1 Å². The standard InChI is InChI=1S/C21H31BrO4/c1-14(2)8-6-10-25-20(23)17-12-16(5)19(22)13-18(17)21(24)26-11-7-9-15(3)4/h12-15H,6-11H2,1-5H3. The van der Waals surface area contributed by atoms with Crippen LogP contribution < -0.4 is 0 Å². The van der Waals surface area contributed by atoms with Crippen molar-refractivity contribution in [3.05, 3.63) is 33.3 Å². The van der Waals surface area contributed by atoms with E-state index in [1.165, 1.54) is 0 Å². The highest BCUT2D eigenvalue weighted by atomic mass is 79.9. The normalized spacial score (nSPS) is 11.1. The Morgan fingerprint density at radius 2 is 1.31 bits per heavy atom. The van der Waals surface area contributed by atoms with Crippen molar-refractivity contribution in [2.75, 3.05) is 13.2 Å². The molecule has 1 aromatic rings. The number of carbonyl (C=O) groups excluding carboxylic acids is 2. The fourth-order valence-electron chi connectivity index (χ4n) is 2.49. The summed E-state index contributed by atoms with van der Waals surface area (Å²) in [5.74, 6) is 0.181. The lowest BCUT2D eigenvalue weighted by atomic mass is 10.0. The first kappa shape index (κ1) is 22.7. The molecule has 0 N–H and O–H groups in total. The van der Waals surface area contributed by atoms with E-state index < -0.39 is 11.9 Å². The molecule has 0 aliphatic carbocycles. The largest absolute Gasteiger partial charge is 0.462 e. The second kappa shape index (κ2) is 11.4. The third kappa shape index (κ3) is 7.90. The molecule has 1 aromatic carbocycles. The molecule has 0 saturated heterocycles. The summed E-state index contributed by atoms with van der Waals surface area (Å²) in [6.07, 6.45) is 3.62. The maximum Gasteiger partial charge on any atom is 0.339 e. The summed E-state index contributed by atoms with van der Waals surface area (Å²) in [5.41, 5.74) is 1.39. The van der Waals surface area contributed by atoms with Gasteiger partial charge in [0.15, 0.2) is 0 Å². The van der Waals surface area contributed by atoms with Gasteiger partial charge in [-0.25, -0.2) is 9.59 Å². The summed E-state index contributed by atoms with van der Waals surface area (Å²) in [5, 5.41) is 0. The lowest BCUT2D eigenvalue weighted by Gasteiger charge is -2.13. The first-order chi connectivity index (χ1) is 12.2. The van der Waals surface area contributed by atoms with Gasteiger partial charge in [0.05, 0.1) is 24.3 Å². The van der Waals surface area contributed by atoms with Crippen LogP contribution in [0.4, 0.5) is 0 Å². The SMILES string of the molecule is Cc1cc(C(=O)OCCCC(C)C)c(C(=O)OCCCC(C)C)cc1Br. The molecule has 146 valence electrons. The maximum absolute atomic E-state index is 12.5. The average molecular weight is 427 g/mol. The summed E-state index contributed by atoms with van der Waals surface area (Å²) in [4.78, 5) is 24.9. The van der Waals surface area contributed by atoms with Gasteiger partial charge in [-0.15, -0.1) is 0 Å². The number of halogens is 1. The minimum absolute atomic E-state index is 0.251. The van der Waals surface area contributed by atoms with E-state index in [1.54, 1.807) is 12.1 Å². The number of ether oxygens (including phenoxy) is 2. The van der Waals surface area contributed by atoms with Crippen LogP contribution in [-0.4, -0.2) is 25.2 Å². The number of hydrogen-bond donors (Lipinski definition) is 0. The van der Waals surface area contributed by atoms with Crippen LogP contribution in [0, 0.1) is 18.8 Å². The monoisotopic (exact) mass is 426 g/mol. The smallest absolute Gasteiger partial charge is 0.339 e. The second-order valence-electron chi connectivity index (χ2n) is 7.49. The van der Waals surface area contributed by atoms with Gasteiger partial charge >= 0.3 is 11.9 Å². The van der Waals surface area contributed by atoms with Gasteiger partial charge in [0.1, 0.15) is 0 Å². The highest BCUT2D eigenvalue weighted by molar-refractivity contribution is 9.10. The third-order valence-corrected chi connectivity index (χ3v) is 4.91. The molecule has 0 heterocycles.